The number of esters is 2. The van der Waals surface area contributed by atoms with Gasteiger partial charge in [0.2, 0.25) is 0 Å². The van der Waals surface area contributed by atoms with E-state index in [0.29, 0.717) is 11.1 Å². The first-order chi connectivity index (χ1) is 25.4. The van der Waals surface area contributed by atoms with Crippen molar-refractivity contribution < 1.29 is 80.9 Å². The Hall–Kier alpha value is -4.51. The van der Waals surface area contributed by atoms with Gasteiger partial charge in [-0.05, 0) is 79.4 Å². The van der Waals surface area contributed by atoms with E-state index in [0.717, 1.165) is 50.7 Å². The van der Waals surface area contributed by atoms with Crippen LogP contribution in [0.5, 0.6) is 11.5 Å². The summed E-state index contributed by atoms with van der Waals surface area (Å²) in [6.07, 6.45) is -4.08. The molecule has 55 heavy (non-hydrogen) atoms. The second-order valence-electron chi connectivity index (χ2n) is 12.5. The highest BCUT2D eigenvalue weighted by atomic mass is 19.4. The van der Waals surface area contributed by atoms with Crippen LogP contribution in [-0.2, 0) is 4.74 Å². The summed E-state index contributed by atoms with van der Waals surface area (Å²) in [6.45, 7) is 2.35. The van der Waals surface area contributed by atoms with Gasteiger partial charge in [-0.15, -0.1) is 0 Å². The molecule has 3 rings (SSSR count). The fourth-order valence-electron chi connectivity index (χ4n) is 4.97. The van der Waals surface area contributed by atoms with Gasteiger partial charge in [-0.1, -0.05) is 56.9 Å². The molecular weight excluding hydrogens is 771 g/mol. The van der Waals surface area contributed by atoms with Crippen molar-refractivity contribution in [3.05, 3.63) is 83.9 Å². The molecule has 0 saturated heterocycles. The zero-order chi connectivity index (χ0) is 41.5. The Labute approximate surface area is 306 Å². The number of ether oxygens (including phenoxy) is 3. The van der Waals surface area contributed by atoms with E-state index < -0.39 is 60.8 Å². The molecule has 0 aliphatic rings. The third-order valence-electron chi connectivity index (χ3n) is 8.31. The Balaban J connectivity index is 1.54. The molecule has 0 aromatic heterocycles. The predicted molar refractivity (Wildman–Crippen MR) is 172 cm³/mol. The van der Waals surface area contributed by atoms with Crippen LogP contribution in [0.2, 0.25) is 0 Å². The Kier molecular flexibility index (Phi) is 14.3. The highest BCUT2D eigenvalue weighted by Gasteiger charge is 2.90. The molecule has 18 heteroatoms. The molecule has 0 saturated carbocycles. The maximum Gasteiger partial charge on any atom is 0.460 e. The summed E-state index contributed by atoms with van der Waals surface area (Å²) < 4.78 is 188. The van der Waals surface area contributed by atoms with Gasteiger partial charge in [0.1, 0.15) is 11.5 Å². The average Bonchev–Trinajstić information content (AvgIpc) is 3.11. The zero-order valence-electron chi connectivity index (χ0n) is 29.1. The van der Waals surface area contributed by atoms with Crippen LogP contribution in [0.25, 0.3) is 11.1 Å². The summed E-state index contributed by atoms with van der Waals surface area (Å²) >= 11 is 0. The van der Waals surface area contributed by atoms with Crippen molar-refractivity contribution >= 4 is 11.9 Å². The monoisotopic (exact) mass is 806 g/mol. The van der Waals surface area contributed by atoms with E-state index >= 15 is 0 Å². The molecule has 0 aliphatic heterocycles. The van der Waals surface area contributed by atoms with Crippen LogP contribution >= 0.6 is 0 Å². The lowest BCUT2D eigenvalue weighted by atomic mass is 9.93. The SMILES string of the molecule is CCCCCCC[C@H](C)OC(=O)c1ccc(OC(=O)c2ccc(-c3ccc(OCCC(F)(F)C(F)(F)C(F)(F)C(F)(F)C(F)(F)C(F)(F)F)cc3)cc2)cc1. The quantitative estimate of drug-likeness (QED) is 0.0523. The predicted octanol–water partition coefficient (Wildman–Crippen LogP) is 12.0. The van der Waals surface area contributed by atoms with Crippen LogP contribution in [0.4, 0.5) is 57.1 Å². The molecule has 0 N–H and O–H groups in total. The number of halogens is 13. The van der Waals surface area contributed by atoms with Crippen molar-refractivity contribution in [1.29, 1.82) is 0 Å². The lowest BCUT2D eigenvalue weighted by Crippen LogP contribution is -2.70. The lowest BCUT2D eigenvalue weighted by Gasteiger charge is -2.39. The smallest absolute Gasteiger partial charge is 0.460 e. The summed E-state index contributed by atoms with van der Waals surface area (Å²) in [7, 11) is 0. The summed E-state index contributed by atoms with van der Waals surface area (Å²) in [4.78, 5) is 25.1. The van der Waals surface area contributed by atoms with Crippen molar-refractivity contribution in [1.82, 2.24) is 0 Å². The van der Waals surface area contributed by atoms with Crippen LogP contribution in [0.3, 0.4) is 0 Å². The molecule has 0 radical (unpaired) electrons. The number of rotatable bonds is 19. The van der Waals surface area contributed by atoms with Crippen molar-refractivity contribution in [3.8, 4) is 22.6 Å². The lowest BCUT2D eigenvalue weighted by molar-refractivity contribution is -0.440. The standard InChI is InChI=1S/C37H35F13O5/c1-3-4-5-6-7-8-23(2)54-30(51)27-15-19-29(20-16-27)55-31(52)26-11-9-24(10-12-26)25-13-17-28(18-14-25)53-22-21-32(38,39)33(40,41)34(42,43)35(44,45)36(46,47)37(48,49)50/h9-20,23H,3-8,21-22H2,1-2H3/t23-/m0/s1. The van der Waals surface area contributed by atoms with E-state index in [1.54, 1.807) is 0 Å². The van der Waals surface area contributed by atoms with Crippen molar-refractivity contribution in [2.75, 3.05) is 6.61 Å². The minimum absolute atomic E-state index is 0.114. The largest absolute Gasteiger partial charge is 0.493 e. The molecule has 0 bridgehead atoms. The molecule has 1 atom stereocenters. The maximum absolute atomic E-state index is 14.0. The van der Waals surface area contributed by atoms with E-state index in [-0.39, 0.29) is 28.7 Å². The highest BCUT2D eigenvalue weighted by molar-refractivity contribution is 5.92. The van der Waals surface area contributed by atoms with E-state index in [4.69, 9.17) is 14.2 Å². The number of carbonyl (C=O) groups excluding carboxylic acids is 2. The van der Waals surface area contributed by atoms with Gasteiger partial charge in [-0.2, -0.15) is 57.1 Å². The third-order valence-corrected chi connectivity index (χ3v) is 8.31. The van der Waals surface area contributed by atoms with Crippen molar-refractivity contribution in [2.24, 2.45) is 0 Å². The van der Waals surface area contributed by atoms with Crippen LogP contribution < -0.4 is 9.47 Å². The summed E-state index contributed by atoms with van der Waals surface area (Å²) in [5.74, 6) is -38.7. The fraction of sp³-hybridized carbons (Fsp3) is 0.459. The minimum Gasteiger partial charge on any atom is -0.493 e. The van der Waals surface area contributed by atoms with E-state index in [1.165, 1.54) is 60.7 Å². The van der Waals surface area contributed by atoms with Crippen molar-refractivity contribution in [3.63, 3.8) is 0 Å². The number of alkyl halides is 13. The van der Waals surface area contributed by atoms with Gasteiger partial charge < -0.3 is 14.2 Å². The van der Waals surface area contributed by atoms with E-state index in [1.807, 2.05) is 6.92 Å². The second kappa shape index (κ2) is 17.5. The summed E-state index contributed by atoms with van der Waals surface area (Å²) in [5, 5.41) is 0. The normalized spacial score (nSPS) is 13.7. The van der Waals surface area contributed by atoms with Crippen LogP contribution in [-0.4, -0.2) is 60.4 Å². The third kappa shape index (κ3) is 10.2. The number of hydrogen-bond donors (Lipinski definition) is 0. The van der Waals surface area contributed by atoms with Gasteiger partial charge in [-0.3, -0.25) is 0 Å². The van der Waals surface area contributed by atoms with E-state index in [2.05, 4.69) is 6.92 Å². The molecule has 0 fully saturated rings. The Morgan fingerprint density at radius 2 is 1.02 bits per heavy atom. The minimum atomic E-state index is -7.96. The second-order valence-corrected chi connectivity index (χ2v) is 12.5. The molecule has 0 aliphatic carbocycles. The molecule has 304 valence electrons. The fourth-order valence-corrected chi connectivity index (χ4v) is 4.97. The first-order valence-electron chi connectivity index (χ1n) is 16.7. The number of carbonyl (C=O) groups is 2. The molecule has 3 aromatic rings. The van der Waals surface area contributed by atoms with Crippen LogP contribution in [0, 0.1) is 0 Å². The Morgan fingerprint density at radius 3 is 1.55 bits per heavy atom. The number of hydrogen-bond acceptors (Lipinski definition) is 5. The number of unbranched alkanes of at least 4 members (excludes halogenated alkanes) is 4. The van der Waals surface area contributed by atoms with Crippen molar-refractivity contribution in [2.45, 2.75) is 101 Å². The van der Waals surface area contributed by atoms with Gasteiger partial charge in [0, 0.05) is 0 Å². The Bertz CT molecular complexity index is 1710. The van der Waals surface area contributed by atoms with Gasteiger partial charge >= 0.3 is 47.7 Å². The molecule has 0 spiro atoms. The molecule has 0 unspecified atom stereocenters. The van der Waals surface area contributed by atoms with Gasteiger partial charge in [0.25, 0.3) is 0 Å². The van der Waals surface area contributed by atoms with Gasteiger partial charge in [-0.25, -0.2) is 9.59 Å². The average molecular weight is 807 g/mol. The summed E-state index contributed by atoms with van der Waals surface area (Å²) in [6, 6.07) is 16.3. The molecular formula is C37H35F13O5. The van der Waals surface area contributed by atoms with Gasteiger partial charge in [0.15, 0.2) is 0 Å². The molecule has 5 nitrogen and oxygen atoms in total. The highest BCUT2D eigenvalue weighted by Crippen LogP contribution is 2.60. The first kappa shape index (κ1) is 44.9. The van der Waals surface area contributed by atoms with E-state index in [9.17, 15) is 66.7 Å². The molecule has 0 amide bonds. The van der Waals surface area contributed by atoms with Gasteiger partial charge in [0.05, 0.1) is 30.3 Å². The Morgan fingerprint density at radius 1 is 0.564 bits per heavy atom. The number of benzene rings is 3. The first-order valence-corrected chi connectivity index (χ1v) is 16.7. The molecule has 3 aromatic carbocycles. The maximum atomic E-state index is 14.0. The zero-order valence-corrected chi connectivity index (χ0v) is 29.1. The molecule has 0 heterocycles. The van der Waals surface area contributed by atoms with Crippen LogP contribution in [0.15, 0.2) is 72.8 Å². The topological polar surface area (TPSA) is 61.8 Å². The van der Waals surface area contributed by atoms with Crippen LogP contribution in [0.1, 0.15) is 79.5 Å². The summed E-state index contributed by atoms with van der Waals surface area (Å²) in [5.41, 5.74) is 1.28.